The molecular formula is C16H13ClN2O2. The zero-order chi connectivity index (χ0) is 15.0. The molecule has 0 unspecified atom stereocenters. The normalized spacial score (nSPS) is 10.8. The average Bonchev–Trinajstić information content (AvgIpc) is 2.93. The molecule has 0 fully saturated rings. The van der Waals surface area contributed by atoms with Gasteiger partial charge >= 0.3 is 5.97 Å². The maximum absolute atomic E-state index is 11.8. The molecule has 0 radical (unpaired) electrons. The number of aromatic nitrogens is 2. The van der Waals surface area contributed by atoms with Crippen molar-refractivity contribution in [2.45, 2.75) is 6.92 Å². The highest BCUT2D eigenvalue weighted by molar-refractivity contribution is 6.31. The lowest BCUT2D eigenvalue weighted by molar-refractivity contribution is 0.0603. The maximum atomic E-state index is 11.8. The number of fused-ring (bicyclic) bond motifs is 1. The van der Waals surface area contributed by atoms with E-state index in [0.717, 1.165) is 16.6 Å². The quantitative estimate of drug-likeness (QED) is 0.728. The third-order valence-corrected chi connectivity index (χ3v) is 3.77. The van der Waals surface area contributed by atoms with E-state index in [1.54, 1.807) is 12.1 Å². The number of benzene rings is 2. The van der Waals surface area contributed by atoms with Gasteiger partial charge in [0, 0.05) is 10.6 Å². The number of nitrogens with one attached hydrogen (secondary N) is 1. The lowest BCUT2D eigenvalue weighted by Crippen LogP contribution is -2.01. The van der Waals surface area contributed by atoms with Gasteiger partial charge in [-0.1, -0.05) is 17.7 Å². The molecule has 106 valence electrons. The van der Waals surface area contributed by atoms with Crippen molar-refractivity contribution in [3.05, 3.63) is 52.5 Å². The van der Waals surface area contributed by atoms with Crippen molar-refractivity contribution in [2.24, 2.45) is 0 Å². The minimum absolute atomic E-state index is 0.397. The number of aryl methyl sites for hydroxylation is 1. The van der Waals surface area contributed by atoms with Crippen LogP contribution in [0.3, 0.4) is 0 Å². The lowest BCUT2D eigenvalue weighted by atomic mass is 10.1. The van der Waals surface area contributed by atoms with Gasteiger partial charge in [0.05, 0.1) is 18.2 Å². The molecule has 0 atom stereocenters. The van der Waals surface area contributed by atoms with Gasteiger partial charge in [0.25, 0.3) is 0 Å². The summed E-state index contributed by atoms with van der Waals surface area (Å²) in [6.07, 6.45) is 0. The van der Waals surface area contributed by atoms with Crippen LogP contribution in [-0.4, -0.2) is 23.0 Å². The summed E-state index contributed by atoms with van der Waals surface area (Å²) in [4.78, 5) is 19.5. The molecule has 1 N–H and O–H groups in total. The molecule has 1 heterocycles. The molecule has 2 aromatic carbocycles. The van der Waals surface area contributed by atoms with Crippen molar-refractivity contribution >= 4 is 28.6 Å². The van der Waals surface area contributed by atoms with Gasteiger partial charge in [-0.3, -0.25) is 0 Å². The number of carbonyl (C=O) groups is 1. The predicted molar refractivity (Wildman–Crippen MR) is 82.6 cm³/mol. The van der Waals surface area contributed by atoms with Crippen LogP contribution in [0.25, 0.3) is 22.4 Å². The second-order valence-corrected chi connectivity index (χ2v) is 5.15. The number of imidazole rings is 1. The van der Waals surface area contributed by atoms with Crippen LogP contribution in [0.2, 0.25) is 5.02 Å². The van der Waals surface area contributed by atoms with E-state index in [4.69, 9.17) is 16.3 Å². The molecule has 3 rings (SSSR count). The van der Waals surface area contributed by atoms with Gasteiger partial charge in [-0.25, -0.2) is 9.78 Å². The molecule has 3 aromatic rings. The third-order valence-electron chi connectivity index (χ3n) is 3.35. The van der Waals surface area contributed by atoms with Gasteiger partial charge < -0.3 is 9.72 Å². The molecule has 0 aliphatic heterocycles. The fourth-order valence-electron chi connectivity index (χ4n) is 2.24. The number of ether oxygens (including phenoxy) is 1. The highest BCUT2D eigenvalue weighted by atomic mass is 35.5. The number of para-hydroxylation sites is 1. The van der Waals surface area contributed by atoms with Crippen LogP contribution in [0.1, 0.15) is 15.9 Å². The Balaban J connectivity index is 2.17. The maximum Gasteiger partial charge on any atom is 0.340 e. The van der Waals surface area contributed by atoms with Crippen molar-refractivity contribution < 1.29 is 9.53 Å². The minimum Gasteiger partial charge on any atom is -0.465 e. The number of halogens is 1. The van der Waals surface area contributed by atoms with Crippen molar-refractivity contribution in [2.75, 3.05) is 7.11 Å². The van der Waals surface area contributed by atoms with Gasteiger partial charge in [0.1, 0.15) is 11.3 Å². The van der Waals surface area contributed by atoms with Crippen LogP contribution in [-0.2, 0) is 4.74 Å². The topological polar surface area (TPSA) is 55.0 Å². The number of hydrogen-bond acceptors (Lipinski definition) is 3. The summed E-state index contributed by atoms with van der Waals surface area (Å²) >= 11 is 6.04. The number of aromatic amines is 1. The first kappa shape index (κ1) is 13.6. The van der Waals surface area contributed by atoms with Crippen molar-refractivity contribution in [3.8, 4) is 11.4 Å². The number of carbonyl (C=O) groups excluding carboxylic acids is 1. The van der Waals surface area contributed by atoms with E-state index in [-0.39, 0.29) is 0 Å². The Hall–Kier alpha value is -2.33. The van der Waals surface area contributed by atoms with E-state index in [1.165, 1.54) is 7.11 Å². The molecule has 0 saturated heterocycles. The summed E-state index contributed by atoms with van der Waals surface area (Å²) < 4.78 is 4.78. The molecule has 21 heavy (non-hydrogen) atoms. The first-order chi connectivity index (χ1) is 10.1. The molecule has 4 nitrogen and oxygen atoms in total. The van der Waals surface area contributed by atoms with E-state index >= 15 is 0 Å². The smallest absolute Gasteiger partial charge is 0.340 e. The fraction of sp³-hybridized carbons (Fsp3) is 0.125. The summed E-state index contributed by atoms with van der Waals surface area (Å²) in [5.74, 6) is 0.298. The van der Waals surface area contributed by atoms with Crippen molar-refractivity contribution in [1.29, 1.82) is 0 Å². The number of hydrogen-bond donors (Lipinski definition) is 1. The average molecular weight is 301 g/mol. The van der Waals surface area contributed by atoms with Crippen LogP contribution >= 0.6 is 11.6 Å². The van der Waals surface area contributed by atoms with E-state index in [9.17, 15) is 4.79 Å². The molecule has 5 heteroatoms. The number of esters is 1. The summed E-state index contributed by atoms with van der Waals surface area (Å²) in [5, 5.41) is 0.713. The first-order valence-electron chi connectivity index (χ1n) is 6.43. The summed E-state index contributed by atoms with van der Waals surface area (Å²) in [5.41, 5.74) is 3.74. The van der Waals surface area contributed by atoms with E-state index in [2.05, 4.69) is 9.97 Å². The first-order valence-corrected chi connectivity index (χ1v) is 6.81. The zero-order valence-corrected chi connectivity index (χ0v) is 12.4. The standard InChI is InChI=1S/C16H13ClN2O2/c1-9-8-10(6-7-12(9)17)15-18-13-5-3-4-11(14(13)19-15)16(20)21-2/h3-8H,1-2H3,(H,18,19). The summed E-state index contributed by atoms with van der Waals surface area (Å²) in [6, 6.07) is 11.1. The Bertz CT molecular complexity index is 839. The number of rotatable bonds is 2. The number of nitrogens with zero attached hydrogens (tertiary/aromatic N) is 1. The largest absolute Gasteiger partial charge is 0.465 e. The molecule has 0 bridgehead atoms. The second-order valence-electron chi connectivity index (χ2n) is 4.74. The zero-order valence-electron chi connectivity index (χ0n) is 11.6. The summed E-state index contributed by atoms with van der Waals surface area (Å²) in [7, 11) is 1.36. The molecular weight excluding hydrogens is 288 g/mol. The van der Waals surface area contributed by atoms with Crippen LogP contribution in [0.15, 0.2) is 36.4 Å². The van der Waals surface area contributed by atoms with Gasteiger partial charge in [-0.2, -0.15) is 0 Å². The predicted octanol–water partition coefficient (Wildman–Crippen LogP) is 3.98. The Morgan fingerprint density at radius 3 is 2.81 bits per heavy atom. The van der Waals surface area contributed by atoms with Crippen LogP contribution < -0.4 is 0 Å². The Morgan fingerprint density at radius 1 is 1.29 bits per heavy atom. The monoisotopic (exact) mass is 300 g/mol. The summed E-state index contributed by atoms with van der Waals surface area (Å²) in [6.45, 7) is 1.94. The Morgan fingerprint density at radius 2 is 2.10 bits per heavy atom. The van der Waals surface area contributed by atoms with Gasteiger partial charge in [0.15, 0.2) is 0 Å². The second kappa shape index (κ2) is 5.22. The van der Waals surface area contributed by atoms with Gasteiger partial charge in [-0.05, 0) is 42.8 Å². The minimum atomic E-state index is -0.397. The molecule has 0 saturated carbocycles. The Kier molecular flexibility index (Phi) is 3.39. The highest BCUT2D eigenvalue weighted by Gasteiger charge is 2.14. The van der Waals surface area contributed by atoms with Crippen molar-refractivity contribution in [1.82, 2.24) is 9.97 Å². The van der Waals surface area contributed by atoms with Gasteiger partial charge in [0.2, 0.25) is 0 Å². The van der Waals surface area contributed by atoms with E-state index in [1.807, 2.05) is 31.2 Å². The number of methoxy groups -OCH3 is 1. The molecule has 0 spiro atoms. The van der Waals surface area contributed by atoms with Gasteiger partial charge in [-0.15, -0.1) is 0 Å². The molecule has 1 aromatic heterocycles. The van der Waals surface area contributed by atoms with Crippen molar-refractivity contribution in [3.63, 3.8) is 0 Å². The third kappa shape index (κ3) is 2.38. The highest BCUT2D eigenvalue weighted by Crippen LogP contribution is 2.26. The SMILES string of the molecule is COC(=O)c1cccc2[nH]c(-c3ccc(Cl)c(C)c3)nc12. The fourth-order valence-corrected chi connectivity index (χ4v) is 2.35. The molecule has 0 amide bonds. The van der Waals surface area contributed by atoms with Crippen LogP contribution in [0.4, 0.5) is 0 Å². The molecule has 0 aliphatic carbocycles. The Labute approximate surface area is 126 Å². The van der Waals surface area contributed by atoms with E-state index in [0.29, 0.717) is 21.9 Å². The lowest BCUT2D eigenvalue weighted by Gasteiger charge is -2.00. The number of H-pyrrole nitrogens is 1. The van der Waals surface area contributed by atoms with Crippen LogP contribution in [0, 0.1) is 6.92 Å². The van der Waals surface area contributed by atoms with Crippen LogP contribution in [0.5, 0.6) is 0 Å². The van der Waals surface area contributed by atoms with E-state index < -0.39 is 5.97 Å². The molecule has 0 aliphatic rings.